The van der Waals surface area contributed by atoms with E-state index in [-0.39, 0.29) is 0 Å². The zero-order valence-corrected chi connectivity index (χ0v) is 26.2. The maximum Gasteiger partial charge on any atom is 0.128 e. The van der Waals surface area contributed by atoms with Crippen molar-refractivity contribution in [2.45, 2.75) is 40.5 Å². The Hall–Kier alpha value is -3.74. The van der Waals surface area contributed by atoms with Crippen molar-refractivity contribution in [3.63, 3.8) is 0 Å². The molecule has 4 heterocycles. The Morgan fingerprint density at radius 2 is 0.929 bits per heavy atom. The molecule has 0 saturated heterocycles. The van der Waals surface area contributed by atoms with Gasteiger partial charge in [-0.05, 0) is 36.1 Å². The van der Waals surface area contributed by atoms with E-state index in [0.717, 1.165) is 106 Å². The van der Waals surface area contributed by atoms with Gasteiger partial charge < -0.3 is 20.6 Å². The number of benzene rings is 3. The van der Waals surface area contributed by atoms with E-state index in [1.54, 1.807) is 0 Å². The van der Waals surface area contributed by atoms with Crippen molar-refractivity contribution in [2.75, 3.05) is 26.2 Å². The number of halogens is 2. The van der Waals surface area contributed by atoms with Gasteiger partial charge >= 0.3 is 0 Å². The number of aliphatic imine (C=N–C) groups is 2. The van der Waals surface area contributed by atoms with E-state index >= 15 is 0 Å². The standard InChI is InChI=1S/C30H26Cl2N6.2C2H6/c31-25-21-9-7-19(29-33-11-1-12-34-29)15-23(21)37-27(25)17-3-5-18(6-4-17)28-26(32)22-10-8-20(16-24(22)38-28)30-35-13-2-14-36-30;2*1-2/h3-10,15-16,37-38H,1-2,11-14H2,(H,33,34)(H,35,36);2*1-2H3. The van der Waals surface area contributed by atoms with Crippen LogP contribution in [-0.4, -0.2) is 47.8 Å². The molecule has 2 aromatic heterocycles. The number of nitrogens with zero attached hydrogens (tertiary/aromatic N) is 2. The van der Waals surface area contributed by atoms with Crippen LogP contribution in [0.5, 0.6) is 0 Å². The first-order valence-electron chi connectivity index (χ1n) is 15.0. The normalized spacial score (nSPS) is 14.5. The van der Waals surface area contributed by atoms with Crippen LogP contribution in [0.4, 0.5) is 0 Å². The third-order valence-electron chi connectivity index (χ3n) is 7.27. The summed E-state index contributed by atoms with van der Waals surface area (Å²) in [4.78, 5) is 16.3. The molecule has 6 nitrogen and oxygen atoms in total. The summed E-state index contributed by atoms with van der Waals surface area (Å²) < 4.78 is 0. The first kappa shape index (κ1) is 29.7. The van der Waals surface area contributed by atoms with Gasteiger partial charge in [0.2, 0.25) is 0 Å². The van der Waals surface area contributed by atoms with Crippen LogP contribution in [0.2, 0.25) is 10.0 Å². The van der Waals surface area contributed by atoms with Crippen LogP contribution in [0.15, 0.2) is 70.6 Å². The summed E-state index contributed by atoms with van der Waals surface area (Å²) in [6.45, 7) is 11.6. The van der Waals surface area contributed by atoms with Gasteiger partial charge in [0.15, 0.2) is 0 Å². The molecule has 0 radical (unpaired) electrons. The van der Waals surface area contributed by atoms with E-state index in [2.05, 4.69) is 91.3 Å². The number of H-pyrrole nitrogens is 2. The third-order valence-corrected chi connectivity index (χ3v) is 8.06. The maximum absolute atomic E-state index is 6.82. The van der Waals surface area contributed by atoms with Crippen molar-refractivity contribution >= 4 is 56.7 Å². The lowest BCUT2D eigenvalue weighted by Crippen LogP contribution is -2.30. The molecule has 42 heavy (non-hydrogen) atoms. The van der Waals surface area contributed by atoms with E-state index in [1.165, 1.54) is 0 Å². The largest absolute Gasteiger partial charge is 0.370 e. The van der Waals surface area contributed by atoms with Crippen molar-refractivity contribution in [3.8, 4) is 22.5 Å². The number of aromatic nitrogens is 2. The lowest BCUT2D eigenvalue weighted by atomic mass is 10.1. The number of nitrogens with one attached hydrogen (secondary N) is 4. The second-order valence-electron chi connectivity index (χ2n) is 9.75. The van der Waals surface area contributed by atoms with Gasteiger partial charge in [0, 0.05) is 59.1 Å². The summed E-state index contributed by atoms with van der Waals surface area (Å²) in [7, 11) is 0. The zero-order chi connectivity index (χ0) is 29.6. The second-order valence-corrected chi connectivity index (χ2v) is 10.5. The van der Waals surface area contributed by atoms with Crippen LogP contribution < -0.4 is 10.6 Å². The zero-order valence-electron chi connectivity index (χ0n) is 24.7. The second kappa shape index (κ2) is 13.5. The predicted octanol–water partition coefficient (Wildman–Crippen LogP) is 8.82. The lowest BCUT2D eigenvalue weighted by Gasteiger charge is -2.14. The highest BCUT2D eigenvalue weighted by molar-refractivity contribution is 6.39. The molecule has 4 N–H and O–H groups in total. The summed E-state index contributed by atoms with van der Waals surface area (Å²) in [5, 5.41) is 10.2. The molecule has 218 valence electrons. The minimum absolute atomic E-state index is 0.716. The van der Waals surface area contributed by atoms with Crippen molar-refractivity contribution in [1.29, 1.82) is 0 Å². The molecular formula is C34H38Cl2N6. The average molecular weight is 602 g/mol. The molecule has 5 aromatic rings. The Kier molecular flexibility index (Phi) is 9.55. The SMILES string of the molecule is CC.CC.Clc1c(-c2ccc(-c3[nH]c4cc(C5=NCCCN5)ccc4c3Cl)cc2)[nH]c2cc(C3=NCCCN3)ccc12. The number of hydrogen-bond acceptors (Lipinski definition) is 4. The molecule has 0 atom stereocenters. The summed E-state index contributed by atoms with van der Waals surface area (Å²) in [6.07, 6.45) is 2.14. The van der Waals surface area contributed by atoms with Crippen molar-refractivity contribution in [1.82, 2.24) is 20.6 Å². The van der Waals surface area contributed by atoms with Gasteiger partial charge in [-0.15, -0.1) is 0 Å². The molecule has 8 heteroatoms. The highest BCUT2D eigenvalue weighted by atomic mass is 35.5. The number of amidine groups is 2. The minimum atomic E-state index is 0.716. The molecule has 0 saturated carbocycles. The number of fused-ring (bicyclic) bond motifs is 2. The number of aromatic amines is 2. The first-order chi connectivity index (χ1) is 20.7. The third kappa shape index (κ3) is 5.79. The number of hydrogen-bond donors (Lipinski definition) is 4. The molecule has 0 aliphatic carbocycles. The number of rotatable bonds is 4. The van der Waals surface area contributed by atoms with Crippen LogP contribution in [-0.2, 0) is 0 Å². The quantitative estimate of drug-likeness (QED) is 0.166. The molecule has 0 bridgehead atoms. The van der Waals surface area contributed by atoms with Gasteiger partial charge in [0.05, 0.1) is 21.4 Å². The van der Waals surface area contributed by atoms with Crippen LogP contribution in [0.1, 0.15) is 51.7 Å². The molecular weight excluding hydrogens is 563 g/mol. The highest BCUT2D eigenvalue weighted by Gasteiger charge is 2.17. The van der Waals surface area contributed by atoms with E-state index in [0.29, 0.717) is 10.0 Å². The summed E-state index contributed by atoms with van der Waals surface area (Å²) in [5.41, 5.74) is 7.96. The minimum Gasteiger partial charge on any atom is -0.370 e. The van der Waals surface area contributed by atoms with Crippen LogP contribution in [0.3, 0.4) is 0 Å². The molecule has 3 aromatic carbocycles. The lowest BCUT2D eigenvalue weighted by molar-refractivity contribution is 0.742. The molecule has 2 aliphatic rings. The van der Waals surface area contributed by atoms with Gasteiger partial charge in [-0.1, -0.05) is 99.4 Å². The summed E-state index contributed by atoms with van der Waals surface area (Å²) in [6, 6.07) is 20.8. The summed E-state index contributed by atoms with van der Waals surface area (Å²) in [5.74, 6) is 1.89. The van der Waals surface area contributed by atoms with Crippen LogP contribution >= 0.6 is 23.2 Å². The molecule has 0 spiro atoms. The van der Waals surface area contributed by atoms with Crippen LogP contribution in [0.25, 0.3) is 44.3 Å². The fourth-order valence-electron chi connectivity index (χ4n) is 5.27. The van der Waals surface area contributed by atoms with E-state index in [1.807, 2.05) is 27.7 Å². The Morgan fingerprint density at radius 1 is 0.548 bits per heavy atom. The topological polar surface area (TPSA) is 80.4 Å². The monoisotopic (exact) mass is 600 g/mol. The Labute approximate surface area is 257 Å². The highest BCUT2D eigenvalue weighted by Crippen LogP contribution is 2.38. The van der Waals surface area contributed by atoms with E-state index in [4.69, 9.17) is 23.2 Å². The van der Waals surface area contributed by atoms with E-state index in [9.17, 15) is 0 Å². The smallest absolute Gasteiger partial charge is 0.128 e. The van der Waals surface area contributed by atoms with E-state index < -0.39 is 0 Å². The van der Waals surface area contributed by atoms with Gasteiger partial charge in [0.1, 0.15) is 11.7 Å². The molecule has 0 amide bonds. The summed E-state index contributed by atoms with van der Waals surface area (Å²) >= 11 is 13.6. The average Bonchev–Trinajstić information content (AvgIpc) is 3.59. The predicted molar refractivity (Wildman–Crippen MR) is 182 cm³/mol. The van der Waals surface area contributed by atoms with Crippen molar-refractivity contribution < 1.29 is 0 Å². The van der Waals surface area contributed by atoms with Gasteiger partial charge in [-0.25, -0.2) is 0 Å². The Morgan fingerprint density at radius 3 is 1.29 bits per heavy atom. The Balaban J connectivity index is 0.000000847. The molecule has 0 unspecified atom stereocenters. The molecule has 0 fully saturated rings. The Bertz CT molecular complexity index is 1610. The maximum atomic E-state index is 6.82. The first-order valence-corrected chi connectivity index (χ1v) is 15.7. The fraction of sp³-hybridized carbons (Fsp3) is 0.294. The fourth-order valence-corrected chi connectivity index (χ4v) is 5.92. The van der Waals surface area contributed by atoms with Crippen LogP contribution in [0, 0.1) is 0 Å². The van der Waals surface area contributed by atoms with Crippen molar-refractivity contribution in [3.05, 3.63) is 81.8 Å². The molecule has 7 rings (SSSR count). The van der Waals surface area contributed by atoms with Gasteiger partial charge in [0.25, 0.3) is 0 Å². The van der Waals surface area contributed by atoms with Crippen molar-refractivity contribution in [2.24, 2.45) is 9.98 Å². The van der Waals surface area contributed by atoms with Gasteiger partial charge in [-0.2, -0.15) is 0 Å². The van der Waals surface area contributed by atoms with Gasteiger partial charge in [-0.3, -0.25) is 9.98 Å². The molecule has 2 aliphatic heterocycles.